The minimum atomic E-state index is -1.15. The molecule has 0 aliphatic heterocycles. The molecule has 0 fully saturated rings. The first-order chi connectivity index (χ1) is 11.0. The first kappa shape index (κ1) is 16.8. The predicted molar refractivity (Wildman–Crippen MR) is 92.1 cm³/mol. The van der Waals surface area contributed by atoms with Gasteiger partial charge in [0.15, 0.2) is 0 Å². The highest BCUT2D eigenvalue weighted by Crippen LogP contribution is 2.20. The molecule has 2 rings (SSSR count). The van der Waals surface area contributed by atoms with E-state index in [9.17, 15) is 14.7 Å². The van der Waals surface area contributed by atoms with Crippen molar-refractivity contribution in [1.29, 1.82) is 5.41 Å². The molecule has 0 aliphatic rings. The van der Waals surface area contributed by atoms with Crippen LogP contribution in [-0.4, -0.2) is 29.0 Å². The highest BCUT2D eigenvalue weighted by atomic mass is 32.2. The Morgan fingerprint density at radius 2 is 1.91 bits per heavy atom. The average molecular weight is 328 g/mol. The van der Waals surface area contributed by atoms with Crippen LogP contribution in [0.4, 0.5) is 5.69 Å². The molecule has 23 heavy (non-hydrogen) atoms. The molecule has 0 radical (unpaired) electrons. The molecule has 0 bridgehead atoms. The van der Waals surface area contributed by atoms with Crippen molar-refractivity contribution in [3.8, 4) is 0 Å². The van der Waals surface area contributed by atoms with Crippen molar-refractivity contribution in [1.82, 2.24) is 0 Å². The van der Waals surface area contributed by atoms with Crippen molar-refractivity contribution in [2.75, 3.05) is 11.1 Å². The zero-order valence-electron chi connectivity index (χ0n) is 12.5. The van der Waals surface area contributed by atoms with Gasteiger partial charge in [-0.05, 0) is 47.7 Å². The Morgan fingerprint density at radius 3 is 2.48 bits per heavy atom. The number of anilines is 1. The van der Waals surface area contributed by atoms with E-state index < -0.39 is 5.97 Å². The molecule has 3 N–H and O–H groups in total. The molecular weight excluding hydrogens is 312 g/mol. The lowest BCUT2D eigenvalue weighted by Gasteiger charge is -2.09. The molecular formula is C17H16N2O3S. The highest BCUT2D eigenvalue weighted by molar-refractivity contribution is 7.99. The molecule has 6 heteroatoms. The van der Waals surface area contributed by atoms with Crippen LogP contribution in [0, 0.1) is 5.41 Å². The SMILES string of the molecule is CCSc1ccc(C(=O)Nc2ccc(C=N)cc2C(=O)O)cc1. The number of hydrogen-bond donors (Lipinski definition) is 3. The quantitative estimate of drug-likeness (QED) is 0.556. The molecule has 0 saturated heterocycles. The first-order valence-corrected chi connectivity index (χ1v) is 7.95. The van der Waals surface area contributed by atoms with Crippen LogP contribution >= 0.6 is 11.8 Å². The number of carboxylic acid groups (broad SMARTS) is 1. The third-order valence-corrected chi connectivity index (χ3v) is 4.01. The fourth-order valence-corrected chi connectivity index (χ4v) is 2.66. The maximum atomic E-state index is 12.3. The van der Waals surface area contributed by atoms with Crippen molar-refractivity contribution in [2.45, 2.75) is 11.8 Å². The Labute approximate surface area is 138 Å². The third kappa shape index (κ3) is 4.20. The zero-order chi connectivity index (χ0) is 16.8. The predicted octanol–water partition coefficient (Wildman–Crippen LogP) is 3.75. The summed E-state index contributed by atoms with van der Waals surface area (Å²) in [6.45, 7) is 2.05. The Bertz CT molecular complexity index is 742. The lowest BCUT2D eigenvalue weighted by atomic mass is 10.1. The van der Waals surface area contributed by atoms with Crippen LogP contribution in [0.15, 0.2) is 47.4 Å². The summed E-state index contributed by atoms with van der Waals surface area (Å²) < 4.78 is 0. The van der Waals surface area contributed by atoms with E-state index in [2.05, 4.69) is 12.2 Å². The van der Waals surface area contributed by atoms with Gasteiger partial charge in [0, 0.05) is 16.7 Å². The summed E-state index contributed by atoms with van der Waals surface area (Å²) in [5.41, 5.74) is 1.08. The smallest absolute Gasteiger partial charge is 0.337 e. The fourth-order valence-electron chi connectivity index (χ4n) is 2.00. The lowest BCUT2D eigenvalue weighted by Crippen LogP contribution is -2.15. The summed E-state index contributed by atoms with van der Waals surface area (Å²) >= 11 is 1.68. The molecule has 0 atom stereocenters. The topological polar surface area (TPSA) is 90.3 Å². The third-order valence-electron chi connectivity index (χ3n) is 3.12. The molecule has 118 valence electrons. The molecule has 0 heterocycles. The van der Waals surface area contributed by atoms with Gasteiger partial charge in [0.1, 0.15) is 0 Å². The Morgan fingerprint density at radius 1 is 1.22 bits per heavy atom. The van der Waals surface area contributed by atoms with E-state index in [-0.39, 0.29) is 17.2 Å². The van der Waals surface area contributed by atoms with Gasteiger partial charge in [0.25, 0.3) is 5.91 Å². The van der Waals surface area contributed by atoms with E-state index in [0.29, 0.717) is 11.1 Å². The van der Waals surface area contributed by atoms with Gasteiger partial charge in [-0.15, -0.1) is 11.8 Å². The monoisotopic (exact) mass is 328 g/mol. The molecule has 2 aromatic carbocycles. The van der Waals surface area contributed by atoms with Gasteiger partial charge >= 0.3 is 5.97 Å². The number of rotatable bonds is 6. The highest BCUT2D eigenvalue weighted by Gasteiger charge is 2.14. The van der Waals surface area contributed by atoms with Crippen LogP contribution in [0.3, 0.4) is 0 Å². The second kappa shape index (κ2) is 7.60. The van der Waals surface area contributed by atoms with E-state index in [1.165, 1.54) is 12.1 Å². The van der Waals surface area contributed by atoms with Gasteiger partial charge in [0.2, 0.25) is 0 Å². The van der Waals surface area contributed by atoms with Gasteiger partial charge in [0.05, 0.1) is 11.3 Å². The standard InChI is InChI=1S/C17H16N2O3S/c1-2-23-13-6-4-12(5-7-13)16(20)19-15-8-3-11(10-18)9-14(15)17(21)22/h3-10,18H,2H2,1H3,(H,19,20)(H,21,22). The van der Waals surface area contributed by atoms with Gasteiger partial charge < -0.3 is 15.8 Å². The van der Waals surface area contributed by atoms with Gasteiger partial charge in [-0.25, -0.2) is 4.79 Å². The normalized spacial score (nSPS) is 10.1. The van der Waals surface area contributed by atoms with E-state index in [0.717, 1.165) is 16.9 Å². The van der Waals surface area contributed by atoms with Gasteiger partial charge in [-0.3, -0.25) is 4.79 Å². The van der Waals surface area contributed by atoms with Crippen LogP contribution in [0.5, 0.6) is 0 Å². The van der Waals surface area contributed by atoms with Crippen LogP contribution in [-0.2, 0) is 0 Å². The van der Waals surface area contributed by atoms with Crippen molar-refractivity contribution in [2.24, 2.45) is 0 Å². The summed E-state index contributed by atoms with van der Waals surface area (Å²) in [5.74, 6) is -0.575. The largest absolute Gasteiger partial charge is 0.478 e. The Balaban J connectivity index is 2.22. The van der Waals surface area contributed by atoms with E-state index in [4.69, 9.17) is 5.41 Å². The summed E-state index contributed by atoms with van der Waals surface area (Å²) in [5, 5.41) is 19.0. The number of hydrogen-bond acceptors (Lipinski definition) is 4. The average Bonchev–Trinajstić information content (AvgIpc) is 2.56. The number of amides is 1. The molecule has 0 spiro atoms. The summed E-state index contributed by atoms with van der Waals surface area (Å²) in [6, 6.07) is 11.6. The minimum Gasteiger partial charge on any atom is -0.478 e. The number of thioether (sulfide) groups is 1. The second-order valence-electron chi connectivity index (χ2n) is 4.67. The van der Waals surface area contributed by atoms with E-state index in [1.807, 2.05) is 12.1 Å². The van der Waals surface area contributed by atoms with Crippen LogP contribution < -0.4 is 5.32 Å². The molecule has 2 aromatic rings. The summed E-state index contributed by atoms with van der Waals surface area (Å²) in [7, 11) is 0. The Hall–Kier alpha value is -2.60. The molecule has 0 aliphatic carbocycles. The van der Waals surface area contributed by atoms with Gasteiger partial charge in [-0.2, -0.15) is 0 Å². The van der Waals surface area contributed by atoms with Crippen molar-refractivity contribution >= 4 is 35.5 Å². The maximum Gasteiger partial charge on any atom is 0.337 e. The number of carbonyl (C=O) groups excluding carboxylic acids is 1. The Kier molecular flexibility index (Phi) is 5.54. The maximum absolute atomic E-state index is 12.3. The minimum absolute atomic E-state index is 0.0440. The summed E-state index contributed by atoms with van der Waals surface area (Å²) in [4.78, 5) is 24.6. The fraction of sp³-hybridized carbons (Fsp3) is 0.118. The van der Waals surface area contributed by atoms with Crippen molar-refractivity contribution in [3.05, 3.63) is 59.2 Å². The van der Waals surface area contributed by atoms with Gasteiger partial charge in [-0.1, -0.05) is 13.0 Å². The number of carbonyl (C=O) groups is 2. The van der Waals surface area contributed by atoms with Crippen molar-refractivity contribution < 1.29 is 14.7 Å². The number of carboxylic acids is 1. The van der Waals surface area contributed by atoms with Crippen molar-refractivity contribution in [3.63, 3.8) is 0 Å². The molecule has 0 aromatic heterocycles. The molecule has 0 unspecified atom stereocenters. The number of nitrogens with one attached hydrogen (secondary N) is 2. The number of benzene rings is 2. The molecule has 1 amide bonds. The van der Waals surface area contributed by atoms with E-state index in [1.54, 1.807) is 30.0 Å². The second-order valence-corrected chi connectivity index (χ2v) is 6.00. The van der Waals surface area contributed by atoms with E-state index >= 15 is 0 Å². The number of aromatic carboxylic acids is 1. The lowest BCUT2D eigenvalue weighted by molar-refractivity contribution is 0.0698. The van der Waals surface area contributed by atoms with Crippen LogP contribution in [0.1, 0.15) is 33.2 Å². The molecule has 5 nitrogen and oxygen atoms in total. The van der Waals surface area contributed by atoms with Crippen LogP contribution in [0.2, 0.25) is 0 Å². The zero-order valence-corrected chi connectivity index (χ0v) is 13.3. The first-order valence-electron chi connectivity index (χ1n) is 6.97. The van der Waals surface area contributed by atoms with Crippen LogP contribution in [0.25, 0.3) is 0 Å². The summed E-state index contributed by atoms with van der Waals surface area (Å²) in [6.07, 6.45) is 1.06. The molecule has 0 saturated carbocycles.